The van der Waals surface area contributed by atoms with Gasteiger partial charge in [0.2, 0.25) is 0 Å². The van der Waals surface area contributed by atoms with E-state index in [1.165, 1.54) is 11.1 Å². The average molecular weight is 258 g/mol. The summed E-state index contributed by atoms with van der Waals surface area (Å²) in [4.78, 5) is 0. The summed E-state index contributed by atoms with van der Waals surface area (Å²) in [6, 6.07) is 6.39. The van der Waals surface area contributed by atoms with Crippen LogP contribution in [0.5, 0.6) is 5.75 Å². The summed E-state index contributed by atoms with van der Waals surface area (Å²) < 4.78 is 10.9. The maximum atomic E-state index is 5.81. The molecule has 0 radical (unpaired) electrons. The number of rotatable bonds is 4. The zero-order chi connectivity index (χ0) is 11.2. The largest absolute Gasteiger partial charge is 0.492 e. The molecule has 3 nitrogen and oxygen atoms in total. The van der Waals surface area contributed by atoms with Gasteiger partial charge >= 0.3 is 0 Å². The highest BCUT2D eigenvalue weighted by atomic mass is 35.5. The monoisotopic (exact) mass is 257 g/mol. The van der Waals surface area contributed by atoms with Crippen molar-refractivity contribution in [3.63, 3.8) is 0 Å². The molecule has 17 heavy (non-hydrogen) atoms. The number of hydrogen-bond donors (Lipinski definition) is 1. The van der Waals surface area contributed by atoms with Crippen LogP contribution in [-0.4, -0.2) is 26.9 Å². The van der Waals surface area contributed by atoms with E-state index in [1.54, 1.807) is 7.11 Å². The standard InChI is InChI=1S/C13H19NO2.ClH/c1-15-8-3-6-11-4-2-5-12-10-14-7-9-16-13(11)12;/h2,4-5,14H,3,6-10H2,1H3;1H. The maximum absolute atomic E-state index is 5.81. The van der Waals surface area contributed by atoms with Crippen LogP contribution in [0.25, 0.3) is 0 Å². The Morgan fingerprint density at radius 2 is 2.29 bits per heavy atom. The zero-order valence-electron chi connectivity index (χ0n) is 10.2. The SMILES string of the molecule is COCCCc1cccc2c1OCCNC2.Cl. The fourth-order valence-corrected chi connectivity index (χ4v) is 2.01. The van der Waals surface area contributed by atoms with Crippen LogP contribution in [0.4, 0.5) is 0 Å². The third kappa shape index (κ3) is 3.87. The average Bonchev–Trinajstić information content (AvgIpc) is 2.55. The molecule has 0 aromatic heterocycles. The molecule has 96 valence electrons. The Hall–Kier alpha value is -0.770. The third-order valence-electron chi connectivity index (χ3n) is 2.81. The van der Waals surface area contributed by atoms with Gasteiger partial charge < -0.3 is 14.8 Å². The predicted molar refractivity (Wildman–Crippen MR) is 71.1 cm³/mol. The van der Waals surface area contributed by atoms with E-state index in [2.05, 4.69) is 23.5 Å². The van der Waals surface area contributed by atoms with E-state index in [0.29, 0.717) is 0 Å². The van der Waals surface area contributed by atoms with Crippen LogP contribution in [-0.2, 0) is 17.7 Å². The van der Waals surface area contributed by atoms with Gasteiger partial charge in [-0.2, -0.15) is 0 Å². The molecule has 1 aliphatic rings. The fourth-order valence-electron chi connectivity index (χ4n) is 2.01. The zero-order valence-corrected chi connectivity index (χ0v) is 11.0. The Labute approximate surface area is 109 Å². The molecule has 0 saturated carbocycles. The van der Waals surface area contributed by atoms with Gasteiger partial charge in [-0.3, -0.25) is 0 Å². The quantitative estimate of drug-likeness (QED) is 0.839. The second kappa shape index (κ2) is 7.54. The van der Waals surface area contributed by atoms with E-state index >= 15 is 0 Å². The minimum Gasteiger partial charge on any atom is -0.492 e. The van der Waals surface area contributed by atoms with Crippen molar-refractivity contribution in [2.24, 2.45) is 0 Å². The first-order chi connectivity index (χ1) is 7.92. The molecule has 4 heteroatoms. The first kappa shape index (κ1) is 14.3. The molecule has 1 N–H and O–H groups in total. The van der Waals surface area contributed by atoms with Gasteiger partial charge in [0, 0.05) is 32.4 Å². The summed E-state index contributed by atoms with van der Waals surface area (Å²) in [5.41, 5.74) is 2.57. The van der Waals surface area contributed by atoms with E-state index in [0.717, 1.165) is 44.9 Å². The number of halogens is 1. The van der Waals surface area contributed by atoms with Crippen molar-refractivity contribution in [3.05, 3.63) is 29.3 Å². The molecule has 1 heterocycles. The van der Waals surface area contributed by atoms with Crippen LogP contribution < -0.4 is 10.1 Å². The van der Waals surface area contributed by atoms with Gasteiger partial charge in [-0.05, 0) is 18.4 Å². The fraction of sp³-hybridized carbons (Fsp3) is 0.538. The number of nitrogens with one attached hydrogen (secondary N) is 1. The minimum absolute atomic E-state index is 0. The van der Waals surface area contributed by atoms with Crippen molar-refractivity contribution in [1.82, 2.24) is 5.32 Å². The van der Waals surface area contributed by atoms with Crippen molar-refractivity contribution in [3.8, 4) is 5.75 Å². The molecular weight excluding hydrogens is 238 g/mol. The number of hydrogen-bond acceptors (Lipinski definition) is 3. The Kier molecular flexibility index (Phi) is 6.34. The van der Waals surface area contributed by atoms with E-state index in [-0.39, 0.29) is 12.4 Å². The summed E-state index contributed by atoms with van der Waals surface area (Å²) in [6.07, 6.45) is 2.07. The molecular formula is C13H20ClNO2. The maximum Gasteiger partial charge on any atom is 0.127 e. The second-order valence-corrected chi connectivity index (χ2v) is 4.03. The van der Waals surface area contributed by atoms with E-state index in [1.807, 2.05) is 0 Å². The van der Waals surface area contributed by atoms with Crippen molar-refractivity contribution in [2.75, 3.05) is 26.9 Å². The first-order valence-corrected chi connectivity index (χ1v) is 5.85. The highest BCUT2D eigenvalue weighted by Gasteiger charge is 2.12. The summed E-state index contributed by atoms with van der Waals surface area (Å²) in [6.45, 7) is 3.40. The lowest BCUT2D eigenvalue weighted by molar-refractivity contribution is 0.195. The van der Waals surface area contributed by atoms with Gasteiger partial charge in [0.25, 0.3) is 0 Å². The molecule has 0 unspecified atom stereocenters. The van der Waals surface area contributed by atoms with Crippen molar-refractivity contribution in [2.45, 2.75) is 19.4 Å². The Balaban J connectivity index is 0.00000144. The third-order valence-corrected chi connectivity index (χ3v) is 2.81. The smallest absolute Gasteiger partial charge is 0.127 e. The van der Waals surface area contributed by atoms with Gasteiger partial charge in [0.15, 0.2) is 0 Å². The van der Waals surface area contributed by atoms with Crippen molar-refractivity contribution in [1.29, 1.82) is 0 Å². The molecule has 1 aliphatic heterocycles. The lowest BCUT2D eigenvalue weighted by Gasteiger charge is -2.12. The van der Waals surface area contributed by atoms with Crippen LogP contribution in [0.2, 0.25) is 0 Å². The summed E-state index contributed by atoms with van der Waals surface area (Å²) in [7, 11) is 1.74. The van der Waals surface area contributed by atoms with Gasteiger partial charge in [-0.1, -0.05) is 18.2 Å². The Bertz CT molecular complexity index is 344. The minimum atomic E-state index is 0. The molecule has 2 rings (SSSR count). The second-order valence-electron chi connectivity index (χ2n) is 4.03. The number of para-hydroxylation sites is 1. The molecule has 1 aromatic carbocycles. The molecule has 0 amide bonds. The molecule has 0 atom stereocenters. The molecule has 0 aliphatic carbocycles. The van der Waals surface area contributed by atoms with E-state index in [4.69, 9.17) is 9.47 Å². The van der Waals surface area contributed by atoms with Crippen LogP contribution in [0.15, 0.2) is 18.2 Å². The lowest BCUT2D eigenvalue weighted by atomic mass is 10.0. The Morgan fingerprint density at radius 3 is 3.12 bits per heavy atom. The molecule has 0 saturated heterocycles. The number of aryl methyl sites for hydroxylation is 1. The summed E-state index contributed by atoms with van der Waals surface area (Å²) in [5, 5.41) is 3.35. The van der Waals surface area contributed by atoms with Gasteiger partial charge in [0.1, 0.15) is 12.4 Å². The Morgan fingerprint density at radius 1 is 1.41 bits per heavy atom. The number of methoxy groups -OCH3 is 1. The first-order valence-electron chi connectivity index (χ1n) is 5.85. The molecule has 0 spiro atoms. The van der Waals surface area contributed by atoms with E-state index in [9.17, 15) is 0 Å². The number of benzene rings is 1. The van der Waals surface area contributed by atoms with Crippen LogP contribution in [0, 0.1) is 0 Å². The summed E-state index contributed by atoms with van der Waals surface area (Å²) in [5.74, 6) is 1.09. The van der Waals surface area contributed by atoms with E-state index < -0.39 is 0 Å². The molecule has 1 aromatic rings. The predicted octanol–water partition coefficient (Wildman–Crippen LogP) is 2.17. The normalized spacial score (nSPS) is 14.2. The number of ether oxygens (including phenoxy) is 2. The molecule has 0 fully saturated rings. The van der Waals surface area contributed by atoms with Gasteiger partial charge in [-0.25, -0.2) is 0 Å². The van der Waals surface area contributed by atoms with Crippen LogP contribution >= 0.6 is 12.4 Å². The number of fused-ring (bicyclic) bond motifs is 1. The highest BCUT2D eigenvalue weighted by Crippen LogP contribution is 2.26. The lowest BCUT2D eigenvalue weighted by Crippen LogP contribution is -2.16. The summed E-state index contributed by atoms with van der Waals surface area (Å²) >= 11 is 0. The van der Waals surface area contributed by atoms with Crippen LogP contribution in [0.1, 0.15) is 17.5 Å². The van der Waals surface area contributed by atoms with Gasteiger partial charge in [-0.15, -0.1) is 12.4 Å². The van der Waals surface area contributed by atoms with Crippen molar-refractivity contribution < 1.29 is 9.47 Å². The van der Waals surface area contributed by atoms with Gasteiger partial charge in [0.05, 0.1) is 0 Å². The molecule has 0 bridgehead atoms. The topological polar surface area (TPSA) is 30.5 Å². The van der Waals surface area contributed by atoms with Crippen molar-refractivity contribution >= 4 is 12.4 Å². The van der Waals surface area contributed by atoms with Crippen LogP contribution in [0.3, 0.4) is 0 Å². The highest BCUT2D eigenvalue weighted by molar-refractivity contribution is 5.85.